The van der Waals surface area contributed by atoms with Crippen molar-refractivity contribution in [3.8, 4) is 29.6 Å². The third kappa shape index (κ3) is 5.15. The zero-order valence-electron chi connectivity index (χ0n) is 20.9. The van der Waals surface area contributed by atoms with E-state index in [-0.39, 0.29) is 24.3 Å². The molecule has 0 spiro atoms. The molecule has 0 unspecified atom stereocenters. The van der Waals surface area contributed by atoms with E-state index >= 15 is 0 Å². The molecule has 3 aromatic rings. The largest absolute Gasteiger partial charge is 0.497 e. The highest BCUT2D eigenvalue weighted by Gasteiger charge is 2.35. The molecule has 2 aromatic carbocycles. The number of benzene rings is 2. The SMILES string of the molecule is C#CCOc1ccc(/C=c2\sc3n(c2=O)[C@H](c2ccc(OC)cc2OC)C(C(=O)OCC)=C(C)N=3)cc1. The van der Waals surface area contributed by atoms with Gasteiger partial charge in [0.25, 0.3) is 5.56 Å². The summed E-state index contributed by atoms with van der Waals surface area (Å²) in [5, 5.41) is 0. The minimum Gasteiger partial charge on any atom is -0.497 e. The van der Waals surface area contributed by atoms with E-state index in [1.165, 1.54) is 23.0 Å². The Balaban J connectivity index is 1.90. The third-order valence-corrected chi connectivity index (χ3v) is 6.74. The molecule has 0 bridgehead atoms. The molecule has 4 rings (SSSR count). The molecule has 190 valence electrons. The average Bonchev–Trinajstić information content (AvgIpc) is 3.21. The number of ether oxygens (including phenoxy) is 4. The number of fused-ring (bicyclic) bond motifs is 1. The minimum absolute atomic E-state index is 0.176. The summed E-state index contributed by atoms with van der Waals surface area (Å²) < 4.78 is 23.7. The maximum Gasteiger partial charge on any atom is 0.338 e. The van der Waals surface area contributed by atoms with E-state index in [4.69, 9.17) is 25.4 Å². The summed E-state index contributed by atoms with van der Waals surface area (Å²) in [7, 11) is 3.08. The van der Waals surface area contributed by atoms with Gasteiger partial charge in [0.2, 0.25) is 0 Å². The lowest BCUT2D eigenvalue weighted by Crippen LogP contribution is -2.40. The zero-order valence-corrected chi connectivity index (χ0v) is 21.8. The summed E-state index contributed by atoms with van der Waals surface area (Å²) >= 11 is 1.24. The van der Waals surface area contributed by atoms with Gasteiger partial charge in [-0.15, -0.1) is 6.42 Å². The fraction of sp³-hybridized carbons (Fsp3) is 0.250. The molecule has 0 saturated heterocycles. The zero-order chi connectivity index (χ0) is 26.5. The molecule has 0 saturated carbocycles. The van der Waals surface area contributed by atoms with Gasteiger partial charge < -0.3 is 18.9 Å². The number of thiazole rings is 1. The van der Waals surface area contributed by atoms with E-state index in [1.54, 1.807) is 57.4 Å². The van der Waals surface area contributed by atoms with E-state index in [0.29, 0.717) is 37.8 Å². The topological polar surface area (TPSA) is 88.3 Å². The summed E-state index contributed by atoms with van der Waals surface area (Å²) in [5.74, 6) is 3.58. The molecule has 0 radical (unpaired) electrons. The van der Waals surface area contributed by atoms with Gasteiger partial charge in [-0.3, -0.25) is 9.36 Å². The molecule has 0 aliphatic carbocycles. The number of hydrogen-bond donors (Lipinski definition) is 0. The summed E-state index contributed by atoms with van der Waals surface area (Å²) in [5.41, 5.74) is 1.89. The van der Waals surface area contributed by atoms with Crippen molar-refractivity contribution in [1.82, 2.24) is 4.57 Å². The Morgan fingerprint density at radius 2 is 1.89 bits per heavy atom. The number of carbonyl (C=O) groups is 1. The lowest BCUT2D eigenvalue weighted by Gasteiger charge is -2.26. The number of aromatic nitrogens is 1. The number of rotatable bonds is 8. The Kier molecular flexibility index (Phi) is 7.80. The van der Waals surface area contributed by atoms with Gasteiger partial charge in [0.1, 0.15) is 29.9 Å². The van der Waals surface area contributed by atoms with E-state index in [0.717, 1.165) is 5.56 Å². The number of allylic oxidation sites excluding steroid dienone is 1. The standard InChI is InChI=1S/C28H26N2O6S/c1-6-14-36-19-10-8-18(9-11-19)15-23-26(31)30-25(21-13-12-20(33-4)16-22(21)34-5)24(27(32)35-7-2)17(3)29-28(30)37-23/h1,8-13,15-16,25H,7,14H2,2-5H3/b23-15-/t25-/m1/s1. The first-order valence-corrected chi connectivity index (χ1v) is 12.3. The van der Waals surface area contributed by atoms with Crippen LogP contribution in [0, 0.1) is 12.3 Å². The first kappa shape index (κ1) is 25.8. The van der Waals surface area contributed by atoms with Crippen LogP contribution in [-0.2, 0) is 9.53 Å². The summed E-state index contributed by atoms with van der Waals surface area (Å²) in [6.45, 7) is 3.83. The number of methoxy groups -OCH3 is 2. The molecular formula is C28H26N2O6S. The van der Waals surface area contributed by atoms with Crippen LogP contribution in [0.15, 0.2) is 63.5 Å². The first-order chi connectivity index (χ1) is 17.9. The second kappa shape index (κ2) is 11.2. The van der Waals surface area contributed by atoms with Crippen molar-refractivity contribution >= 4 is 23.4 Å². The summed E-state index contributed by atoms with van der Waals surface area (Å²) in [6.07, 6.45) is 7.02. The van der Waals surface area contributed by atoms with Crippen LogP contribution in [0.5, 0.6) is 17.2 Å². The van der Waals surface area contributed by atoms with Crippen molar-refractivity contribution in [3.63, 3.8) is 0 Å². The lowest BCUT2D eigenvalue weighted by atomic mass is 9.95. The lowest BCUT2D eigenvalue weighted by molar-refractivity contribution is -0.139. The molecule has 9 heteroatoms. The predicted molar refractivity (Wildman–Crippen MR) is 141 cm³/mol. The van der Waals surface area contributed by atoms with Crippen LogP contribution in [0.1, 0.15) is 31.0 Å². The van der Waals surface area contributed by atoms with Crippen LogP contribution >= 0.6 is 11.3 Å². The quantitative estimate of drug-likeness (QED) is 0.337. The second-order valence-electron chi connectivity index (χ2n) is 7.97. The Hall–Kier alpha value is -4.29. The fourth-order valence-corrected chi connectivity index (χ4v) is 5.11. The second-order valence-corrected chi connectivity index (χ2v) is 8.98. The Labute approximate surface area is 218 Å². The highest BCUT2D eigenvalue weighted by atomic mass is 32.1. The van der Waals surface area contributed by atoms with Crippen LogP contribution in [0.2, 0.25) is 0 Å². The summed E-state index contributed by atoms with van der Waals surface area (Å²) in [6, 6.07) is 11.7. The number of hydrogen-bond acceptors (Lipinski definition) is 8. The molecular weight excluding hydrogens is 492 g/mol. The van der Waals surface area contributed by atoms with Gasteiger partial charge in [0, 0.05) is 11.6 Å². The maximum absolute atomic E-state index is 13.8. The number of carbonyl (C=O) groups excluding carboxylic acids is 1. The highest BCUT2D eigenvalue weighted by Crippen LogP contribution is 2.37. The fourth-order valence-electron chi connectivity index (χ4n) is 4.07. The average molecular weight is 519 g/mol. The molecule has 1 aromatic heterocycles. The number of esters is 1. The van der Waals surface area contributed by atoms with Gasteiger partial charge in [-0.05, 0) is 49.8 Å². The van der Waals surface area contributed by atoms with E-state index in [2.05, 4.69) is 10.9 Å². The third-order valence-electron chi connectivity index (χ3n) is 5.75. The van der Waals surface area contributed by atoms with Crippen LogP contribution < -0.4 is 29.1 Å². The van der Waals surface area contributed by atoms with Crippen LogP contribution in [0.3, 0.4) is 0 Å². The molecule has 37 heavy (non-hydrogen) atoms. The van der Waals surface area contributed by atoms with Crippen molar-refractivity contribution in [2.45, 2.75) is 19.9 Å². The van der Waals surface area contributed by atoms with E-state index in [1.807, 2.05) is 12.1 Å². The van der Waals surface area contributed by atoms with Crippen molar-refractivity contribution < 1.29 is 23.7 Å². The van der Waals surface area contributed by atoms with Crippen LogP contribution in [0.25, 0.3) is 6.08 Å². The predicted octanol–water partition coefficient (Wildman–Crippen LogP) is 2.83. The highest BCUT2D eigenvalue weighted by molar-refractivity contribution is 7.07. The maximum atomic E-state index is 13.8. The monoisotopic (exact) mass is 518 g/mol. The van der Waals surface area contributed by atoms with Crippen molar-refractivity contribution in [2.75, 3.05) is 27.4 Å². The molecule has 1 aliphatic rings. The molecule has 1 aliphatic heterocycles. The normalized spacial score (nSPS) is 14.9. The van der Waals surface area contributed by atoms with E-state index < -0.39 is 12.0 Å². The van der Waals surface area contributed by atoms with Gasteiger partial charge in [-0.25, -0.2) is 9.79 Å². The number of terminal acetylenes is 1. The Bertz CT molecular complexity index is 1570. The summed E-state index contributed by atoms with van der Waals surface area (Å²) in [4.78, 5) is 31.9. The van der Waals surface area contributed by atoms with Gasteiger partial charge in [0.05, 0.1) is 36.6 Å². The molecule has 2 heterocycles. The van der Waals surface area contributed by atoms with Crippen LogP contribution in [-0.4, -0.2) is 38.0 Å². The molecule has 1 atom stereocenters. The van der Waals surface area contributed by atoms with Crippen molar-refractivity contribution in [1.29, 1.82) is 0 Å². The molecule has 8 nitrogen and oxygen atoms in total. The van der Waals surface area contributed by atoms with Gasteiger partial charge in [0.15, 0.2) is 4.80 Å². The molecule has 0 N–H and O–H groups in total. The van der Waals surface area contributed by atoms with Gasteiger partial charge in [-0.2, -0.15) is 0 Å². The van der Waals surface area contributed by atoms with Gasteiger partial charge in [-0.1, -0.05) is 29.4 Å². The minimum atomic E-state index is -0.794. The smallest absolute Gasteiger partial charge is 0.338 e. The molecule has 0 fully saturated rings. The first-order valence-electron chi connectivity index (χ1n) is 11.5. The number of nitrogens with zero attached hydrogens (tertiary/aromatic N) is 2. The Morgan fingerprint density at radius 1 is 1.16 bits per heavy atom. The molecule has 0 amide bonds. The van der Waals surface area contributed by atoms with Gasteiger partial charge >= 0.3 is 5.97 Å². The Morgan fingerprint density at radius 3 is 2.54 bits per heavy atom. The van der Waals surface area contributed by atoms with Crippen LogP contribution in [0.4, 0.5) is 0 Å². The van der Waals surface area contributed by atoms with Crippen molar-refractivity contribution in [3.05, 3.63) is 84.5 Å². The van der Waals surface area contributed by atoms with E-state index in [9.17, 15) is 9.59 Å². The van der Waals surface area contributed by atoms with Crippen molar-refractivity contribution in [2.24, 2.45) is 4.99 Å².